The molecule has 0 unspecified atom stereocenters. The zero-order chi connectivity index (χ0) is 22.9. The Labute approximate surface area is 188 Å². The van der Waals surface area contributed by atoms with Crippen molar-refractivity contribution in [2.45, 2.75) is 19.9 Å². The molecule has 4 aromatic heterocycles. The highest BCUT2D eigenvalue weighted by atomic mass is 19.1. The minimum atomic E-state index is -0.435. The first-order valence-electron chi connectivity index (χ1n) is 10.3. The van der Waals surface area contributed by atoms with Gasteiger partial charge in [-0.25, -0.2) is 14.4 Å². The lowest BCUT2D eigenvalue weighted by Gasteiger charge is -2.13. The molecule has 1 aromatic carbocycles. The van der Waals surface area contributed by atoms with Gasteiger partial charge < -0.3 is 5.73 Å². The Bertz CT molecular complexity index is 1530. The summed E-state index contributed by atoms with van der Waals surface area (Å²) in [6, 6.07) is 14.1. The van der Waals surface area contributed by atoms with Gasteiger partial charge >= 0.3 is 0 Å². The number of hydrogen-bond donors (Lipinski definition) is 1. The molecule has 0 amide bonds. The number of nitrogen functional groups attached to an aromatic ring is 1. The van der Waals surface area contributed by atoms with Crippen LogP contribution in [0.15, 0.2) is 54.9 Å². The highest BCUT2D eigenvalue weighted by Gasteiger charge is 2.24. The van der Waals surface area contributed by atoms with E-state index in [1.165, 1.54) is 22.8 Å². The Balaban J connectivity index is 1.80. The molecule has 9 nitrogen and oxygen atoms in total. The number of nitrogens with two attached hydrogens (primary N) is 1. The fraction of sp³-hybridized carbons (Fsp3) is 0.130. The maximum absolute atomic E-state index is 14.2. The fourth-order valence-corrected chi connectivity index (χ4v) is 3.79. The Kier molecular flexibility index (Phi) is 4.99. The summed E-state index contributed by atoms with van der Waals surface area (Å²) in [6.45, 7) is 2.58. The van der Waals surface area contributed by atoms with E-state index in [1.54, 1.807) is 23.0 Å². The summed E-state index contributed by atoms with van der Waals surface area (Å²) < 4.78 is 17.4. The van der Waals surface area contributed by atoms with Gasteiger partial charge in [0.1, 0.15) is 5.82 Å². The minimum Gasteiger partial charge on any atom is -0.368 e. The highest BCUT2D eigenvalue weighted by Crippen LogP contribution is 2.36. The Morgan fingerprint density at radius 3 is 2.73 bits per heavy atom. The number of nitriles is 1. The SMILES string of the molecule is CCn1nccc1-c1c(-c2ccccc2C#N)nc(N)n2nc(Cc3ncccc3F)nc12. The van der Waals surface area contributed by atoms with E-state index in [1.807, 2.05) is 25.1 Å². The van der Waals surface area contributed by atoms with Crippen LogP contribution in [-0.2, 0) is 13.0 Å². The van der Waals surface area contributed by atoms with Crippen LogP contribution in [0.25, 0.3) is 28.2 Å². The zero-order valence-corrected chi connectivity index (χ0v) is 17.6. The third-order valence-corrected chi connectivity index (χ3v) is 5.29. The lowest BCUT2D eigenvalue weighted by Crippen LogP contribution is -2.08. The summed E-state index contributed by atoms with van der Waals surface area (Å²) in [7, 11) is 0. The van der Waals surface area contributed by atoms with Crippen LogP contribution < -0.4 is 5.73 Å². The molecule has 0 aliphatic heterocycles. The quantitative estimate of drug-likeness (QED) is 0.446. The van der Waals surface area contributed by atoms with Crippen molar-refractivity contribution in [1.29, 1.82) is 5.26 Å². The van der Waals surface area contributed by atoms with Crippen LogP contribution in [0.3, 0.4) is 0 Å². The Morgan fingerprint density at radius 2 is 1.94 bits per heavy atom. The Hall–Kier alpha value is -4.65. The van der Waals surface area contributed by atoms with Crippen molar-refractivity contribution in [2.75, 3.05) is 5.73 Å². The van der Waals surface area contributed by atoms with E-state index in [9.17, 15) is 9.65 Å². The van der Waals surface area contributed by atoms with Gasteiger partial charge in [-0.15, -0.1) is 5.10 Å². The van der Waals surface area contributed by atoms with Gasteiger partial charge in [0.2, 0.25) is 5.95 Å². The maximum atomic E-state index is 14.2. The topological polar surface area (TPSA) is 124 Å². The molecule has 2 N–H and O–H groups in total. The number of nitrogens with zero attached hydrogens (tertiary/aromatic N) is 8. The summed E-state index contributed by atoms with van der Waals surface area (Å²) in [5, 5.41) is 18.5. The van der Waals surface area contributed by atoms with Crippen LogP contribution in [0.5, 0.6) is 0 Å². The second-order valence-electron chi connectivity index (χ2n) is 7.26. The summed E-state index contributed by atoms with van der Waals surface area (Å²) in [6.07, 6.45) is 3.29. The van der Waals surface area contributed by atoms with E-state index in [2.05, 4.69) is 31.2 Å². The number of hydrogen-bond acceptors (Lipinski definition) is 7. The van der Waals surface area contributed by atoms with Crippen LogP contribution in [0.1, 0.15) is 24.0 Å². The second-order valence-corrected chi connectivity index (χ2v) is 7.26. The first kappa shape index (κ1) is 20.3. The lowest BCUT2D eigenvalue weighted by molar-refractivity contribution is 0.601. The molecule has 162 valence electrons. The molecule has 0 radical (unpaired) electrons. The van der Waals surface area contributed by atoms with Crippen molar-refractivity contribution in [3.8, 4) is 28.6 Å². The number of pyridine rings is 1. The number of aryl methyl sites for hydroxylation is 1. The zero-order valence-electron chi connectivity index (χ0n) is 17.6. The molecule has 0 atom stereocenters. The lowest BCUT2D eigenvalue weighted by atomic mass is 9.99. The predicted molar refractivity (Wildman–Crippen MR) is 119 cm³/mol. The van der Waals surface area contributed by atoms with Crippen molar-refractivity contribution >= 4 is 11.6 Å². The van der Waals surface area contributed by atoms with Gasteiger partial charge in [0, 0.05) is 24.5 Å². The van der Waals surface area contributed by atoms with Crippen molar-refractivity contribution in [1.82, 2.24) is 34.3 Å². The number of fused-ring (bicyclic) bond motifs is 1. The average Bonchev–Trinajstić information content (AvgIpc) is 3.48. The monoisotopic (exact) mass is 439 g/mol. The van der Waals surface area contributed by atoms with Crippen LogP contribution >= 0.6 is 0 Å². The van der Waals surface area contributed by atoms with Crippen molar-refractivity contribution in [3.05, 3.63) is 77.8 Å². The maximum Gasteiger partial charge on any atom is 0.223 e. The molecule has 0 bridgehead atoms. The number of aromatic nitrogens is 7. The normalized spacial score (nSPS) is 11.1. The second kappa shape index (κ2) is 8.12. The first-order valence-corrected chi connectivity index (χ1v) is 10.3. The van der Waals surface area contributed by atoms with Gasteiger partial charge in [-0.1, -0.05) is 18.2 Å². The van der Waals surface area contributed by atoms with Crippen LogP contribution in [0.2, 0.25) is 0 Å². The molecule has 5 rings (SSSR count). The highest BCUT2D eigenvalue weighted by molar-refractivity contribution is 5.90. The molecular formula is C23H18FN9. The van der Waals surface area contributed by atoms with Crippen molar-refractivity contribution in [2.24, 2.45) is 0 Å². The van der Waals surface area contributed by atoms with E-state index in [4.69, 9.17) is 5.73 Å². The third-order valence-electron chi connectivity index (χ3n) is 5.29. The molecule has 5 aromatic rings. The Morgan fingerprint density at radius 1 is 1.09 bits per heavy atom. The molecule has 0 spiro atoms. The molecular weight excluding hydrogens is 421 g/mol. The van der Waals surface area contributed by atoms with Crippen molar-refractivity contribution < 1.29 is 4.39 Å². The molecule has 0 aliphatic rings. The van der Waals surface area contributed by atoms with Gasteiger partial charge in [-0.3, -0.25) is 9.67 Å². The molecule has 0 saturated heterocycles. The van der Waals surface area contributed by atoms with E-state index in [0.717, 1.165) is 5.69 Å². The van der Waals surface area contributed by atoms with E-state index >= 15 is 0 Å². The van der Waals surface area contributed by atoms with Gasteiger partial charge in [0.25, 0.3) is 0 Å². The summed E-state index contributed by atoms with van der Waals surface area (Å²) >= 11 is 0. The van der Waals surface area contributed by atoms with Crippen LogP contribution in [0, 0.1) is 17.1 Å². The van der Waals surface area contributed by atoms with E-state index < -0.39 is 5.82 Å². The van der Waals surface area contributed by atoms with Crippen LogP contribution in [0.4, 0.5) is 10.3 Å². The molecule has 0 fully saturated rings. The van der Waals surface area contributed by atoms with Crippen molar-refractivity contribution in [3.63, 3.8) is 0 Å². The molecule has 10 heteroatoms. The number of benzene rings is 1. The molecule has 0 aliphatic carbocycles. The van der Waals surface area contributed by atoms with Gasteiger partial charge in [-0.2, -0.15) is 14.9 Å². The predicted octanol–water partition coefficient (Wildman–Crippen LogP) is 3.25. The summed E-state index contributed by atoms with van der Waals surface area (Å²) in [4.78, 5) is 13.4. The molecule has 4 heterocycles. The average molecular weight is 439 g/mol. The molecule has 0 saturated carbocycles. The minimum absolute atomic E-state index is 0.0877. The smallest absolute Gasteiger partial charge is 0.223 e. The molecule has 33 heavy (non-hydrogen) atoms. The largest absolute Gasteiger partial charge is 0.368 e. The summed E-state index contributed by atoms with van der Waals surface area (Å²) in [5.41, 5.74) is 9.89. The standard InChI is InChI=1S/C23H18FN9/c1-2-32-18(9-11-28-32)20-21(15-7-4-3-6-14(15)13-25)30-23(26)33-22(20)29-19(31-33)12-17-16(24)8-5-10-27-17/h3-11H,2,12H2,1H3,(H2,26,30). The first-order chi connectivity index (χ1) is 16.1. The number of rotatable bonds is 5. The van der Waals surface area contributed by atoms with Crippen LogP contribution in [-0.4, -0.2) is 34.3 Å². The third kappa shape index (κ3) is 3.45. The van der Waals surface area contributed by atoms with E-state index in [-0.39, 0.29) is 18.1 Å². The number of anilines is 1. The van der Waals surface area contributed by atoms with Gasteiger partial charge in [0.15, 0.2) is 11.5 Å². The summed E-state index contributed by atoms with van der Waals surface area (Å²) in [5.74, 6) is 0.00491. The number of halogens is 1. The van der Waals surface area contributed by atoms with Gasteiger partial charge in [0.05, 0.1) is 40.7 Å². The van der Waals surface area contributed by atoms with Gasteiger partial charge in [-0.05, 0) is 31.2 Å². The fourth-order valence-electron chi connectivity index (χ4n) is 3.79. The van der Waals surface area contributed by atoms with E-state index in [0.29, 0.717) is 40.4 Å².